The number of imidazole rings is 1. The van der Waals surface area contributed by atoms with E-state index in [9.17, 15) is 4.79 Å². The maximum Gasteiger partial charge on any atom is 0.307 e. The summed E-state index contributed by atoms with van der Waals surface area (Å²) in [5.74, 6) is -0.258. The monoisotopic (exact) mass is 295 g/mol. The van der Waals surface area contributed by atoms with E-state index in [0.29, 0.717) is 5.69 Å². The van der Waals surface area contributed by atoms with Crippen LogP contribution in [0.25, 0.3) is 11.0 Å². The molecule has 0 saturated carbocycles. The lowest BCUT2D eigenvalue weighted by atomic mass is 10.0. The lowest BCUT2D eigenvalue weighted by molar-refractivity contribution is -0.141. The van der Waals surface area contributed by atoms with Gasteiger partial charge in [0, 0.05) is 5.69 Å². The number of fused-ring (bicyclic) bond motifs is 1. The first kappa shape index (κ1) is 14.1. The SMILES string of the molecule is COC(=O)C[C@H](c1ccccc1)n1cnc2cc(N)ccc21. The zero-order valence-corrected chi connectivity index (χ0v) is 12.3. The van der Waals surface area contributed by atoms with Gasteiger partial charge in [-0.15, -0.1) is 0 Å². The van der Waals surface area contributed by atoms with Crippen LogP contribution in [0, 0.1) is 0 Å². The highest BCUT2D eigenvalue weighted by molar-refractivity contribution is 5.79. The fraction of sp³-hybridized carbons (Fsp3) is 0.176. The minimum absolute atomic E-state index is 0.165. The van der Waals surface area contributed by atoms with E-state index in [1.54, 1.807) is 6.33 Å². The van der Waals surface area contributed by atoms with Gasteiger partial charge in [-0.2, -0.15) is 0 Å². The molecule has 3 rings (SSSR count). The molecule has 0 aliphatic heterocycles. The molecule has 112 valence electrons. The van der Waals surface area contributed by atoms with Gasteiger partial charge in [0.2, 0.25) is 0 Å². The summed E-state index contributed by atoms with van der Waals surface area (Å²) < 4.78 is 6.83. The van der Waals surface area contributed by atoms with Crippen molar-refractivity contribution >= 4 is 22.7 Å². The molecular weight excluding hydrogens is 278 g/mol. The zero-order chi connectivity index (χ0) is 15.5. The molecule has 5 heteroatoms. The Kier molecular flexibility index (Phi) is 3.78. The van der Waals surface area contributed by atoms with E-state index in [1.807, 2.05) is 53.1 Å². The number of anilines is 1. The first-order valence-electron chi connectivity index (χ1n) is 7.03. The zero-order valence-electron chi connectivity index (χ0n) is 12.3. The molecule has 0 radical (unpaired) electrons. The van der Waals surface area contributed by atoms with Crippen molar-refractivity contribution in [2.24, 2.45) is 0 Å². The second-order valence-electron chi connectivity index (χ2n) is 5.11. The van der Waals surface area contributed by atoms with Crippen LogP contribution in [0.4, 0.5) is 5.69 Å². The average Bonchev–Trinajstić information content (AvgIpc) is 2.95. The van der Waals surface area contributed by atoms with Crippen molar-refractivity contribution in [2.75, 3.05) is 12.8 Å². The Morgan fingerprint density at radius 3 is 2.77 bits per heavy atom. The van der Waals surface area contributed by atoms with Gasteiger partial charge >= 0.3 is 5.97 Å². The van der Waals surface area contributed by atoms with Crippen LogP contribution >= 0.6 is 0 Å². The molecule has 1 atom stereocenters. The summed E-state index contributed by atoms with van der Waals surface area (Å²) in [6.07, 6.45) is 1.99. The minimum atomic E-state index is -0.258. The number of nitrogens with two attached hydrogens (primary N) is 1. The number of carbonyl (C=O) groups excluding carboxylic acids is 1. The van der Waals surface area contributed by atoms with E-state index in [4.69, 9.17) is 10.5 Å². The molecule has 3 aromatic rings. The number of methoxy groups -OCH3 is 1. The lowest BCUT2D eigenvalue weighted by Crippen LogP contribution is -2.15. The van der Waals surface area contributed by atoms with Crippen molar-refractivity contribution in [2.45, 2.75) is 12.5 Å². The summed E-state index contributed by atoms with van der Waals surface area (Å²) in [7, 11) is 1.40. The predicted octanol–water partition coefficient (Wildman–Crippen LogP) is 2.77. The smallest absolute Gasteiger partial charge is 0.307 e. The summed E-state index contributed by atoms with van der Waals surface area (Å²) >= 11 is 0. The van der Waals surface area contributed by atoms with E-state index in [0.717, 1.165) is 16.6 Å². The molecule has 0 amide bonds. The van der Waals surface area contributed by atoms with Crippen molar-refractivity contribution in [3.05, 3.63) is 60.4 Å². The standard InChI is InChI=1S/C17H17N3O2/c1-22-17(21)10-16(12-5-3-2-4-6-12)20-11-19-14-9-13(18)7-8-15(14)20/h2-9,11,16H,10,18H2,1H3/t16-/m1/s1. The fourth-order valence-corrected chi connectivity index (χ4v) is 2.59. The molecule has 2 aromatic carbocycles. The summed E-state index contributed by atoms with van der Waals surface area (Å²) in [6.45, 7) is 0. The van der Waals surface area contributed by atoms with Gasteiger partial charge in [-0.1, -0.05) is 30.3 Å². The van der Waals surface area contributed by atoms with Crippen molar-refractivity contribution in [1.82, 2.24) is 9.55 Å². The Morgan fingerprint density at radius 2 is 2.05 bits per heavy atom. The molecular formula is C17H17N3O2. The molecule has 0 saturated heterocycles. The van der Waals surface area contributed by atoms with Crippen LogP contribution < -0.4 is 5.73 Å². The molecule has 0 aliphatic carbocycles. The van der Waals surface area contributed by atoms with E-state index in [2.05, 4.69) is 4.98 Å². The Morgan fingerprint density at radius 1 is 1.27 bits per heavy atom. The van der Waals surface area contributed by atoms with Gasteiger partial charge in [-0.05, 0) is 23.8 Å². The van der Waals surface area contributed by atoms with Crippen LogP contribution in [0.2, 0.25) is 0 Å². The molecule has 0 bridgehead atoms. The molecule has 22 heavy (non-hydrogen) atoms. The third-order valence-electron chi connectivity index (χ3n) is 3.71. The van der Waals surface area contributed by atoms with Gasteiger partial charge in [0.1, 0.15) is 0 Å². The second-order valence-corrected chi connectivity index (χ2v) is 5.11. The fourth-order valence-electron chi connectivity index (χ4n) is 2.59. The number of carbonyl (C=O) groups is 1. The lowest BCUT2D eigenvalue weighted by Gasteiger charge is -2.19. The van der Waals surface area contributed by atoms with Crippen LogP contribution in [-0.4, -0.2) is 22.6 Å². The molecule has 5 nitrogen and oxygen atoms in total. The van der Waals surface area contributed by atoms with Crippen LogP contribution in [0.5, 0.6) is 0 Å². The Balaban J connectivity index is 2.09. The molecule has 0 spiro atoms. The molecule has 0 aliphatic rings. The van der Waals surface area contributed by atoms with Crippen LogP contribution in [0.3, 0.4) is 0 Å². The highest BCUT2D eigenvalue weighted by Gasteiger charge is 2.20. The maximum absolute atomic E-state index is 11.8. The second kappa shape index (κ2) is 5.89. The number of hydrogen-bond donors (Lipinski definition) is 1. The van der Waals surface area contributed by atoms with Crippen LogP contribution in [0.1, 0.15) is 18.0 Å². The third-order valence-corrected chi connectivity index (χ3v) is 3.71. The maximum atomic E-state index is 11.8. The van der Waals surface area contributed by atoms with E-state index >= 15 is 0 Å². The summed E-state index contributed by atoms with van der Waals surface area (Å²) in [5.41, 5.74) is 9.25. The quantitative estimate of drug-likeness (QED) is 0.593. The molecule has 1 heterocycles. The number of nitrogens with zero attached hydrogens (tertiary/aromatic N) is 2. The third kappa shape index (κ3) is 2.65. The van der Waals surface area contributed by atoms with Gasteiger partial charge in [-0.3, -0.25) is 4.79 Å². The van der Waals surface area contributed by atoms with E-state index in [-0.39, 0.29) is 18.4 Å². The van der Waals surface area contributed by atoms with Crippen molar-refractivity contribution in [3.63, 3.8) is 0 Å². The predicted molar refractivity (Wildman–Crippen MR) is 85.4 cm³/mol. The molecule has 0 unspecified atom stereocenters. The Bertz CT molecular complexity index is 796. The van der Waals surface area contributed by atoms with Crippen LogP contribution in [-0.2, 0) is 9.53 Å². The van der Waals surface area contributed by atoms with E-state index in [1.165, 1.54) is 7.11 Å². The largest absolute Gasteiger partial charge is 0.469 e. The number of rotatable bonds is 4. The number of ether oxygens (including phenoxy) is 1. The van der Waals surface area contributed by atoms with Crippen molar-refractivity contribution in [3.8, 4) is 0 Å². The van der Waals surface area contributed by atoms with Gasteiger partial charge in [-0.25, -0.2) is 4.98 Å². The number of aromatic nitrogens is 2. The Labute approximate surface area is 128 Å². The topological polar surface area (TPSA) is 70.1 Å². The van der Waals surface area contributed by atoms with Crippen molar-refractivity contribution in [1.29, 1.82) is 0 Å². The summed E-state index contributed by atoms with van der Waals surface area (Å²) in [4.78, 5) is 16.2. The normalized spacial score (nSPS) is 12.2. The summed E-state index contributed by atoms with van der Waals surface area (Å²) in [6, 6.07) is 15.3. The summed E-state index contributed by atoms with van der Waals surface area (Å²) in [5, 5.41) is 0. The van der Waals surface area contributed by atoms with Gasteiger partial charge in [0.25, 0.3) is 0 Å². The van der Waals surface area contributed by atoms with Gasteiger partial charge in [0.15, 0.2) is 0 Å². The van der Waals surface area contributed by atoms with Crippen LogP contribution in [0.15, 0.2) is 54.9 Å². The van der Waals surface area contributed by atoms with E-state index < -0.39 is 0 Å². The number of benzene rings is 2. The van der Waals surface area contributed by atoms with Gasteiger partial charge < -0.3 is 15.0 Å². The molecule has 0 fully saturated rings. The molecule has 2 N–H and O–H groups in total. The number of nitrogen functional groups attached to an aromatic ring is 1. The highest BCUT2D eigenvalue weighted by atomic mass is 16.5. The average molecular weight is 295 g/mol. The molecule has 1 aromatic heterocycles. The number of hydrogen-bond acceptors (Lipinski definition) is 4. The Hall–Kier alpha value is -2.82. The highest BCUT2D eigenvalue weighted by Crippen LogP contribution is 2.27. The first-order valence-corrected chi connectivity index (χ1v) is 7.03. The first-order chi connectivity index (χ1) is 10.7. The van der Waals surface area contributed by atoms with Crippen molar-refractivity contribution < 1.29 is 9.53 Å². The minimum Gasteiger partial charge on any atom is -0.469 e. The number of esters is 1. The van der Waals surface area contributed by atoms with Gasteiger partial charge in [0.05, 0.1) is 36.9 Å².